The summed E-state index contributed by atoms with van der Waals surface area (Å²) < 4.78 is 37.4. The van der Waals surface area contributed by atoms with Crippen LogP contribution < -0.4 is 10.1 Å². The van der Waals surface area contributed by atoms with E-state index in [9.17, 15) is 13.2 Å². The zero-order chi connectivity index (χ0) is 25.3. The molecule has 0 amide bonds. The van der Waals surface area contributed by atoms with Crippen molar-refractivity contribution in [3.05, 3.63) is 42.0 Å². The zero-order valence-electron chi connectivity index (χ0n) is 20.4. The molecule has 4 rings (SSSR count). The highest BCUT2D eigenvalue weighted by molar-refractivity contribution is 5.87. The molecule has 0 aromatic heterocycles. The van der Waals surface area contributed by atoms with Crippen LogP contribution in [0.25, 0.3) is 10.8 Å². The Bertz CT molecular complexity index is 937. The third-order valence-electron chi connectivity index (χ3n) is 7.14. The number of benzene rings is 2. The van der Waals surface area contributed by atoms with E-state index in [4.69, 9.17) is 14.6 Å². The number of piperidine rings is 1. The maximum Gasteiger partial charge on any atom is 0.490 e. The van der Waals surface area contributed by atoms with Crippen molar-refractivity contribution in [2.45, 2.75) is 57.7 Å². The van der Waals surface area contributed by atoms with Crippen LogP contribution in [0.1, 0.15) is 50.5 Å². The second-order valence-electron chi connectivity index (χ2n) is 9.65. The predicted molar refractivity (Wildman–Crippen MR) is 132 cm³/mol. The number of aliphatic carboxylic acids is 1. The number of fused-ring (bicyclic) bond motifs is 1. The number of carbonyl (C=O) groups is 1. The summed E-state index contributed by atoms with van der Waals surface area (Å²) in [5.74, 6) is 0.0202. The minimum atomic E-state index is -5.08. The molecule has 1 aliphatic carbocycles. The van der Waals surface area contributed by atoms with Crippen LogP contribution in [0, 0.1) is 11.8 Å². The van der Waals surface area contributed by atoms with Gasteiger partial charge in [-0.05, 0) is 74.0 Å². The molecule has 1 aliphatic heterocycles. The van der Waals surface area contributed by atoms with Gasteiger partial charge in [-0.3, -0.25) is 0 Å². The number of nitrogens with one attached hydrogen (secondary N) is 1. The van der Waals surface area contributed by atoms with Crippen LogP contribution in [0.5, 0.6) is 5.75 Å². The van der Waals surface area contributed by atoms with E-state index in [1.54, 1.807) is 7.11 Å². The van der Waals surface area contributed by atoms with Crippen molar-refractivity contribution in [1.82, 2.24) is 10.2 Å². The lowest BCUT2D eigenvalue weighted by atomic mass is 9.88. The third kappa shape index (κ3) is 8.39. The van der Waals surface area contributed by atoms with Gasteiger partial charge in [0, 0.05) is 18.7 Å². The molecule has 0 bridgehead atoms. The van der Waals surface area contributed by atoms with Crippen LogP contribution in [-0.2, 0) is 11.3 Å². The van der Waals surface area contributed by atoms with Gasteiger partial charge in [0.15, 0.2) is 0 Å². The van der Waals surface area contributed by atoms with E-state index in [0.717, 1.165) is 30.7 Å². The maximum absolute atomic E-state index is 10.6. The van der Waals surface area contributed by atoms with E-state index in [-0.39, 0.29) is 0 Å². The molecule has 0 atom stereocenters. The van der Waals surface area contributed by atoms with Gasteiger partial charge in [-0.25, -0.2) is 4.79 Å². The molecule has 2 aromatic rings. The van der Waals surface area contributed by atoms with Gasteiger partial charge in [-0.1, -0.05) is 49.6 Å². The number of likely N-dealkylation sites (tertiary alicyclic amines) is 1. The Hall–Kier alpha value is -2.32. The molecule has 5 nitrogen and oxygen atoms in total. The van der Waals surface area contributed by atoms with E-state index in [0.29, 0.717) is 0 Å². The van der Waals surface area contributed by atoms with Crippen LogP contribution in [0.4, 0.5) is 13.2 Å². The quantitative estimate of drug-likeness (QED) is 0.505. The van der Waals surface area contributed by atoms with Crippen molar-refractivity contribution in [3.63, 3.8) is 0 Å². The van der Waals surface area contributed by atoms with E-state index >= 15 is 0 Å². The van der Waals surface area contributed by atoms with E-state index in [2.05, 4.69) is 46.6 Å². The smallest absolute Gasteiger partial charge is 0.490 e. The Morgan fingerprint density at radius 1 is 1.03 bits per heavy atom. The molecule has 2 fully saturated rings. The molecule has 35 heavy (non-hydrogen) atoms. The number of hydrogen-bond acceptors (Lipinski definition) is 4. The highest BCUT2D eigenvalue weighted by Gasteiger charge is 2.38. The number of ether oxygens (including phenoxy) is 1. The van der Waals surface area contributed by atoms with Crippen molar-refractivity contribution >= 4 is 16.7 Å². The standard InChI is InChI=1S/C25H36N2O.C2HF3O2/c1-28-25-12-11-22-9-5-6-10-23(22)24(25)18-26-17-20-13-15-27(16-14-20)19-21-7-3-2-4-8-21;3-2(4,5)1(6)7/h5-6,9-12,20-21,26H,2-4,7-8,13-19H2,1H3;(H,6,7). The van der Waals surface area contributed by atoms with Gasteiger partial charge < -0.3 is 20.1 Å². The zero-order valence-corrected chi connectivity index (χ0v) is 20.4. The maximum atomic E-state index is 10.6. The second-order valence-corrected chi connectivity index (χ2v) is 9.65. The molecule has 0 radical (unpaired) electrons. The number of alkyl halides is 3. The number of rotatable bonds is 7. The third-order valence-corrected chi connectivity index (χ3v) is 7.14. The topological polar surface area (TPSA) is 61.8 Å². The minimum Gasteiger partial charge on any atom is -0.496 e. The molecule has 2 aromatic carbocycles. The summed E-state index contributed by atoms with van der Waals surface area (Å²) in [5.41, 5.74) is 1.29. The van der Waals surface area contributed by atoms with Crippen molar-refractivity contribution < 1.29 is 27.8 Å². The first-order chi connectivity index (χ1) is 16.8. The van der Waals surface area contributed by atoms with Crippen LogP contribution in [0.2, 0.25) is 0 Å². The summed E-state index contributed by atoms with van der Waals surface area (Å²) in [6.07, 6.45) is 4.92. The van der Waals surface area contributed by atoms with Gasteiger partial charge in [0.2, 0.25) is 0 Å². The first kappa shape index (κ1) is 27.3. The van der Waals surface area contributed by atoms with E-state index < -0.39 is 12.1 Å². The van der Waals surface area contributed by atoms with E-state index in [1.165, 1.54) is 80.9 Å². The predicted octanol–water partition coefficient (Wildman–Crippen LogP) is 5.86. The fourth-order valence-electron chi connectivity index (χ4n) is 5.20. The molecule has 2 aliphatic rings. The molecule has 2 N–H and O–H groups in total. The fraction of sp³-hybridized carbons (Fsp3) is 0.593. The minimum absolute atomic E-state index is 0.809. The first-order valence-corrected chi connectivity index (χ1v) is 12.6. The Morgan fingerprint density at radius 2 is 1.69 bits per heavy atom. The van der Waals surface area contributed by atoms with Gasteiger partial charge in [-0.15, -0.1) is 0 Å². The SMILES string of the molecule is COc1ccc2ccccc2c1CNCC1CCN(CC2CCCCC2)CC1.O=C(O)C(F)(F)F. The summed E-state index contributed by atoms with van der Waals surface area (Å²) >= 11 is 0. The monoisotopic (exact) mass is 494 g/mol. The largest absolute Gasteiger partial charge is 0.496 e. The van der Waals surface area contributed by atoms with Gasteiger partial charge in [0.05, 0.1) is 7.11 Å². The van der Waals surface area contributed by atoms with Crippen LogP contribution in [0.3, 0.4) is 0 Å². The molecule has 1 heterocycles. The Balaban J connectivity index is 0.000000429. The molecule has 1 saturated carbocycles. The van der Waals surface area contributed by atoms with Crippen LogP contribution in [-0.4, -0.2) is 55.4 Å². The number of carboxylic acid groups (broad SMARTS) is 1. The first-order valence-electron chi connectivity index (χ1n) is 12.6. The van der Waals surface area contributed by atoms with Crippen LogP contribution >= 0.6 is 0 Å². The summed E-state index contributed by atoms with van der Waals surface area (Å²) in [4.78, 5) is 11.6. The lowest BCUT2D eigenvalue weighted by Crippen LogP contribution is -2.39. The number of hydrogen-bond donors (Lipinski definition) is 2. The Morgan fingerprint density at radius 3 is 2.31 bits per heavy atom. The Labute approximate surface area is 205 Å². The molecule has 0 spiro atoms. The number of halogens is 3. The lowest BCUT2D eigenvalue weighted by Gasteiger charge is -2.35. The summed E-state index contributed by atoms with van der Waals surface area (Å²) in [7, 11) is 1.77. The normalized spacial score (nSPS) is 18.2. The summed E-state index contributed by atoms with van der Waals surface area (Å²) in [5, 5.41) is 13.5. The van der Waals surface area contributed by atoms with Crippen molar-refractivity contribution in [1.29, 1.82) is 0 Å². The second kappa shape index (κ2) is 13.1. The van der Waals surface area contributed by atoms with Gasteiger partial charge in [0.1, 0.15) is 5.75 Å². The molecule has 8 heteroatoms. The van der Waals surface area contributed by atoms with Crippen LogP contribution in [0.15, 0.2) is 36.4 Å². The van der Waals surface area contributed by atoms with Gasteiger partial charge in [0.25, 0.3) is 0 Å². The number of carboxylic acids is 1. The van der Waals surface area contributed by atoms with E-state index in [1.807, 2.05) is 0 Å². The van der Waals surface area contributed by atoms with Gasteiger partial charge >= 0.3 is 12.1 Å². The molecule has 1 saturated heterocycles. The number of methoxy groups -OCH3 is 1. The highest BCUT2D eigenvalue weighted by atomic mass is 19.4. The van der Waals surface area contributed by atoms with Gasteiger partial charge in [-0.2, -0.15) is 13.2 Å². The average molecular weight is 495 g/mol. The molecular formula is C27H37F3N2O3. The fourth-order valence-corrected chi connectivity index (χ4v) is 5.20. The summed E-state index contributed by atoms with van der Waals surface area (Å²) in [6.45, 7) is 5.94. The molecule has 0 unspecified atom stereocenters. The highest BCUT2D eigenvalue weighted by Crippen LogP contribution is 2.29. The van der Waals surface area contributed by atoms with Crippen molar-refractivity contribution in [2.24, 2.45) is 11.8 Å². The lowest BCUT2D eigenvalue weighted by molar-refractivity contribution is -0.192. The van der Waals surface area contributed by atoms with Crippen molar-refractivity contribution in [3.8, 4) is 5.75 Å². The molecule has 194 valence electrons. The number of nitrogens with zero attached hydrogens (tertiary/aromatic N) is 1. The summed E-state index contributed by atoms with van der Waals surface area (Å²) in [6, 6.07) is 12.9. The Kier molecular flexibility index (Phi) is 10.2. The van der Waals surface area contributed by atoms with Crippen molar-refractivity contribution in [2.75, 3.05) is 33.3 Å². The average Bonchev–Trinajstić information content (AvgIpc) is 2.85. The molecular weight excluding hydrogens is 457 g/mol.